The Morgan fingerprint density at radius 2 is 1.52 bits per heavy atom. The molecule has 0 spiro atoms. The fraction of sp³-hybridized carbons (Fsp3) is 0.806. The molecule has 4 unspecified atom stereocenters. The van der Waals surface area contributed by atoms with E-state index in [-0.39, 0.29) is 36.6 Å². The van der Waals surface area contributed by atoms with Crippen LogP contribution in [-0.4, -0.2) is 71.8 Å². The standard InChI is InChI=1S/C16H25N3O4.C16H31NO2.2C2H6/c1-4-7-12(14(21)16(23)17-9-5-2)18-15(22)13-8-6-10-19(13)11(3)20;1-5-15(11-12(2)3)19-16(18)17-13(4)14-9-7-6-8-10-14;2*1-2/h5,12-13H,2,4,6-10H2,1,3H3,(H,17,23)(H,18,22);12-15H,5-11H2,1-4H3,(H,17,18);2*1-2H3. The van der Waals surface area contributed by atoms with Crippen LogP contribution in [0.1, 0.15) is 140 Å². The van der Waals surface area contributed by atoms with Crippen LogP contribution in [0.5, 0.6) is 0 Å². The maximum atomic E-state index is 12.4. The van der Waals surface area contributed by atoms with Gasteiger partial charge in [-0.25, -0.2) is 4.79 Å². The lowest BCUT2D eigenvalue weighted by atomic mass is 9.85. The highest BCUT2D eigenvalue weighted by molar-refractivity contribution is 6.38. The second-order valence-electron chi connectivity index (χ2n) is 12.0. The number of hydrogen-bond acceptors (Lipinski definition) is 6. The number of hydrogen-bond donors (Lipinski definition) is 3. The molecule has 1 heterocycles. The van der Waals surface area contributed by atoms with E-state index in [1.54, 1.807) is 0 Å². The lowest BCUT2D eigenvalue weighted by Gasteiger charge is -2.28. The van der Waals surface area contributed by atoms with Crippen molar-refractivity contribution < 1.29 is 28.7 Å². The summed E-state index contributed by atoms with van der Waals surface area (Å²) in [5.41, 5.74) is 0. The molecule has 268 valence electrons. The maximum Gasteiger partial charge on any atom is 0.407 e. The quantitative estimate of drug-likeness (QED) is 0.141. The number of alkyl carbamates (subject to hydrolysis) is 1. The van der Waals surface area contributed by atoms with Crippen LogP contribution < -0.4 is 16.0 Å². The number of carbonyl (C=O) groups excluding carboxylic acids is 5. The third-order valence-corrected chi connectivity index (χ3v) is 7.97. The van der Waals surface area contributed by atoms with Crippen LogP contribution in [0, 0.1) is 11.8 Å². The Balaban J connectivity index is 0. The summed E-state index contributed by atoms with van der Waals surface area (Å²) >= 11 is 0. The topological polar surface area (TPSA) is 134 Å². The van der Waals surface area contributed by atoms with Crippen molar-refractivity contribution in [3.05, 3.63) is 12.7 Å². The molecule has 0 bridgehead atoms. The Labute approximate surface area is 280 Å². The van der Waals surface area contributed by atoms with Crippen molar-refractivity contribution in [1.29, 1.82) is 0 Å². The summed E-state index contributed by atoms with van der Waals surface area (Å²) < 4.78 is 5.52. The highest BCUT2D eigenvalue weighted by Gasteiger charge is 2.35. The number of amides is 4. The third kappa shape index (κ3) is 18.3. The fourth-order valence-electron chi connectivity index (χ4n) is 5.60. The zero-order valence-corrected chi connectivity index (χ0v) is 30.8. The number of likely N-dealkylation sites (tertiary alicyclic amines) is 1. The van der Waals surface area contributed by atoms with Gasteiger partial charge >= 0.3 is 6.09 Å². The van der Waals surface area contributed by atoms with Gasteiger partial charge in [-0.3, -0.25) is 19.2 Å². The molecular formula is C36H68N4O6. The molecule has 1 saturated carbocycles. The second kappa shape index (κ2) is 27.2. The summed E-state index contributed by atoms with van der Waals surface area (Å²) in [5.74, 6) is -0.751. The van der Waals surface area contributed by atoms with Crippen molar-refractivity contribution in [1.82, 2.24) is 20.9 Å². The number of ether oxygens (including phenoxy) is 1. The maximum absolute atomic E-state index is 12.4. The van der Waals surface area contributed by atoms with E-state index >= 15 is 0 Å². The minimum absolute atomic E-state index is 0.0542. The van der Waals surface area contributed by atoms with Gasteiger partial charge in [0.25, 0.3) is 5.91 Å². The lowest BCUT2D eigenvalue weighted by molar-refractivity contribution is -0.141. The van der Waals surface area contributed by atoms with Crippen molar-refractivity contribution in [2.45, 2.75) is 164 Å². The van der Waals surface area contributed by atoms with E-state index in [2.05, 4.69) is 50.2 Å². The molecule has 1 saturated heterocycles. The van der Waals surface area contributed by atoms with Crippen molar-refractivity contribution in [3.63, 3.8) is 0 Å². The first-order chi connectivity index (χ1) is 21.9. The summed E-state index contributed by atoms with van der Waals surface area (Å²) in [6.45, 7) is 24.0. The molecular weight excluding hydrogens is 584 g/mol. The summed E-state index contributed by atoms with van der Waals surface area (Å²) in [6, 6.07) is -1.19. The molecule has 2 aliphatic rings. The summed E-state index contributed by atoms with van der Waals surface area (Å²) in [5, 5.41) is 8.08. The normalized spacial score (nSPS) is 17.6. The average molecular weight is 653 g/mol. The van der Waals surface area contributed by atoms with E-state index in [4.69, 9.17) is 4.74 Å². The van der Waals surface area contributed by atoms with Crippen LogP contribution >= 0.6 is 0 Å². The van der Waals surface area contributed by atoms with Gasteiger partial charge in [-0.2, -0.15) is 0 Å². The van der Waals surface area contributed by atoms with E-state index < -0.39 is 23.8 Å². The molecule has 4 amide bonds. The van der Waals surface area contributed by atoms with Crippen LogP contribution in [0.25, 0.3) is 0 Å². The second-order valence-corrected chi connectivity index (χ2v) is 12.0. The smallest absolute Gasteiger partial charge is 0.407 e. The molecule has 2 fully saturated rings. The Bertz CT molecular complexity index is 888. The highest BCUT2D eigenvalue weighted by atomic mass is 16.6. The zero-order valence-electron chi connectivity index (χ0n) is 30.8. The number of rotatable bonds is 14. The molecule has 0 aromatic rings. The molecule has 10 nitrogen and oxygen atoms in total. The molecule has 4 atom stereocenters. The predicted octanol–water partition coefficient (Wildman–Crippen LogP) is 6.71. The van der Waals surface area contributed by atoms with Crippen LogP contribution in [-0.2, 0) is 23.9 Å². The van der Waals surface area contributed by atoms with Gasteiger partial charge in [0.05, 0.1) is 6.04 Å². The van der Waals surface area contributed by atoms with Crippen LogP contribution in [0.4, 0.5) is 4.79 Å². The van der Waals surface area contributed by atoms with Gasteiger partial charge in [-0.15, -0.1) is 6.58 Å². The Hall–Kier alpha value is -2.91. The van der Waals surface area contributed by atoms with Gasteiger partial charge in [0.2, 0.25) is 17.6 Å². The van der Waals surface area contributed by atoms with E-state index in [0.717, 1.165) is 19.3 Å². The first-order valence-electron chi connectivity index (χ1n) is 17.9. The van der Waals surface area contributed by atoms with Gasteiger partial charge in [0, 0.05) is 26.1 Å². The Morgan fingerprint density at radius 1 is 0.913 bits per heavy atom. The summed E-state index contributed by atoms with van der Waals surface area (Å²) in [6.07, 6.45) is 11.9. The SMILES string of the molecule is C=CCNC(=O)C(=O)C(CCC)NC(=O)C1CCCN1C(C)=O.CC.CC.CCC(CC(C)C)OC(=O)NC(C)C1CCCCC1. The minimum Gasteiger partial charge on any atom is -0.446 e. The first kappa shape index (κ1) is 45.2. The highest BCUT2D eigenvalue weighted by Crippen LogP contribution is 2.26. The predicted molar refractivity (Wildman–Crippen MR) is 187 cm³/mol. The fourth-order valence-corrected chi connectivity index (χ4v) is 5.60. The molecule has 3 N–H and O–H groups in total. The molecule has 10 heteroatoms. The van der Waals surface area contributed by atoms with Crippen LogP contribution in [0.15, 0.2) is 12.7 Å². The van der Waals surface area contributed by atoms with E-state index in [1.165, 1.54) is 50.0 Å². The summed E-state index contributed by atoms with van der Waals surface area (Å²) in [4.78, 5) is 61.3. The Kier molecular flexibility index (Phi) is 26.8. The first-order valence-corrected chi connectivity index (χ1v) is 17.9. The van der Waals surface area contributed by atoms with Gasteiger partial charge in [-0.05, 0) is 63.7 Å². The number of nitrogens with zero attached hydrogens (tertiary/aromatic N) is 1. The number of Topliss-reactive ketones (excluding diaryl/α,β-unsaturated/α-hetero) is 1. The number of nitrogens with one attached hydrogen (secondary N) is 3. The minimum atomic E-state index is -0.869. The average Bonchev–Trinajstić information content (AvgIpc) is 3.56. The molecule has 0 radical (unpaired) electrons. The van der Waals surface area contributed by atoms with Gasteiger partial charge in [0.1, 0.15) is 12.1 Å². The van der Waals surface area contributed by atoms with Gasteiger partial charge in [0.15, 0.2) is 0 Å². The largest absolute Gasteiger partial charge is 0.446 e. The molecule has 2 rings (SSSR count). The Morgan fingerprint density at radius 3 is 2.02 bits per heavy atom. The van der Waals surface area contributed by atoms with Crippen LogP contribution in [0.2, 0.25) is 0 Å². The third-order valence-electron chi connectivity index (χ3n) is 7.97. The molecule has 1 aliphatic carbocycles. The van der Waals surface area contributed by atoms with E-state index in [9.17, 15) is 24.0 Å². The molecule has 1 aliphatic heterocycles. The number of carbonyl (C=O) groups is 5. The number of ketones is 1. The zero-order chi connectivity index (χ0) is 35.7. The molecule has 0 aromatic heterocycles. The van der Waals surface area contributed by atoms with Crippen LogP contribution in [0.3, 0.4) is 0 Å². The van der Waals surface area contributed by atoms with E-state index in [0.29, 0.717) is 37.6 Å². The van der Waals surface area contributed by atoms with Crippen molar-refractivity contribution in [2.75, 3.05) is 13.1 Å². The van der Waals surface area contributed by atoms with E-state index in [1.807, 2.05) is 34.6 Å². The van der Waals surface area contributed by atoms with Gasteiger partial charge < -0.3 is 25.6 Å². The summed E-state index contributed by atoms with van der Waals surface area (Å²) in [7, 11) is 0. The monoisotopic (exact) mass is 653 g/mol. The lowest BCUT2D eigenvalue weighted by Crippen LogP contribution is -2.53. The molecule has 46 heavy (non-hydrogen) atoms. The van der Waals surface area contributed by atoms with Gasteiger partial charge in [-0.1, -0.05) is 87.1 Å². The van der Waals surface area contributed by atoms with Crippen molar-refractivity contribution in [3.8, 4) is 0 Å². The van der Waals surface area contributed by atoms with Crippen molar-refractivity contribution in [2.24, 2.45) is 11.8 Å². The molecule has 0 aromatic carbocycles. The van der Waals surface area contributed by atoms with Crippen molar-refractivity contribution >= 4 is 29.6 Å².